The van der Waals surface area contributed by atoms with Crippen LogP contribution < -0.4 is 16.4 Å². The van der Waals surface area contributed by atoms with E-state index in [0.29, 0.717) is 30.6 Å². The molecule has 0 unspecified atom stereocenters. The van der Waals surface area contributed by atoms with Gasteiger partial charge in [-0.05, 0) is 50.1 Å². The molecular weight excluding hydrogens is 333 g/mol. The lowest BCUT2D eigenvalue weighted by Crippen LogP contribution is -2.24. The number of carbonyl (C=O) groups is 2. The number of amides is 2. The average molecular weight is 357 g/mol. The van der Waals surface area contributed by atoms with Crippen molar-refractivity contribution in [2.75, 3.05) is 17.6 Å². The van der Waals surface area contributed by atoms with Gasteiger partial charge in [0.05, 0.1) is 11.4 Å². The second-order valence-electron chi connectivity index (χ2n) is 6.21. The van der Waals surface area contributed by atoms with Crippen LogP contribution in [0.25, 0.3) is 0 Å². The van der Waals surface area contributed by atoms with E-state index in [1.165, 1.54) is 18.2 Å². The summed E-state index contributed by atoms with van der Waals surface area (Å²) in [5.74, 6) is -0.685. The smallest absolute Gasteiger partial charge is 0.251 e. The molecule has 0 saturated carbocycles. The maximum Gasteiger partial charge on any atom is 0.251 e. The molecule has 0 heterocycles. The first-order chi connectivity index (χ1) is 12.5. The summed E-state index contributed by atoms with van der Waals surface area (Å²) in [5, 5.41) is 5.54. The number of nitrogens with two attached hydrogens (primary N) is 1. The molecule has 0 aliphatic carbocycles. The van der Waals surface area contributed by atoms with Gasteiger partial charge in [-0.2, -0.15) is 0 Å². The van der Waals surface area contributed by atoms with Crippen LogP contribution in [-0.2, 0) is 4.79 Å². The molecule has 0 aliphatic rings. The molecule has 26 heavy (non-hydrogen) atoms. The Morgan fingerprint density at radius 3 is 2.46 bits per heavy atom. The Morgan fingerprint density at radius 1 is 1.04 bits per heavy atom. The fourth-order valence-corrected chi connectivity index (χ4v) is 2.46. The third kappa shape index (κ3) is 6.20. The highest BCUT2D eigenvalue weighted by Crippen LogP contribution is 2.19. The minimum Gasteiger partial charge on any atom is -0.397 e. The lowest BCUT2D eigenvalue weighted by atomic mass is 10.1. The van der Waals surface area contributed by atoms with E-state index in [2.05, 4.69) is 10.6 Å². The average Bonchev–Trinajstić information content (AvgIpc) is 2.61. The van der Waals surface area contributed by atoms with Crippen molar-refractivity contribution in [3.05, 3.63) is 59.4 Å². The molecule has 0 fully saturated rings. The van der Waals surface area contributed by atoms with Crippen molar-refractivity contribution in [1.29, 1.82) is 0 Å². The second-order valence-corrected chi connectivity index (χ2v) is 6.21. The molecule has 2 rings (SSSR count). The van der Waals surface area contributed by atoms with Gasteiger partial charge in [-0.15, -0.1) is 0 Å². The van der Waals surface area contributed by atoms with Crippen molar-refractivity contribution in [1.82, 2.24) is 5.32 Å². The van der Waals surface area contributed by atoms with Crippen LogP contribution in [0.3, 0.4) is 0 Å². The number of hydrogen-bond acceptors (Lipinski definition) is 3. The summed E-state index contributed by atoms with van der Waals surface area (Å²) in [4.78, 5) is 23.8. The Labute approximate surface area is 152 Å². The SMILES string of the molecule is Cc1ccc(C(=O)NCCCCCC(=O)Nc2ccc(F)cc2N)cc1. The molecule has 138 valence electrons. The van der Waals surface area contributed by atoms with E-state index in [-0.39, 0.29) is 17.5 Å². The van der Waals surface area contributed by atoms with Crippen LogP contribution in [0.2, 0.25) is 0 Å². The number of nitrogen functional groups attached to an aromatic ring is 1. The highest BCUT2D eigenvalue weighted by molar-refractivity contribution is 5.94. The van der Waals surface area contributed by atoms with E-state index < -0.39 is 5.82 Å². The summed E-state index contributed by atoms with van der Waals surface area (Å²) in [5.41, 5.74) is 8.04. The third-order valence-electron chi connectivity index (χ3n) is 3.97. The maximum absolute atomic E-state index is 13.0. The largest absolute Gasteiger partial charge is 0.397 e. The predicted octanol–water partition coefficient (Wildman–Crippen LogP) is 3.65. The van der Waals surface area contributed by atoms with Crippen molar-refractivity contribution >= 4 is 23.2 Å². The van der Waals surface area contributed by atoms with Crippen LogP contribution in [0, 0.1) is 12.7 Å². The molecule has 4 N–H and O–H groups in total. The topological polar surface area (TPSA) is 84.2 Å². The van der Waals surface area contributed by atoms with Gasteiger partial charge in [-0.3, -0.25) is 9.59 Å². The Hall–Kier alpha value is -2.89. The van der Waals surface area contributed by atoms with Gasteiger partial charge in [0.1, 0.15) is 5.82 Å². The summed E-state index contributed by atoms with van der Waals surface area (Å²) >= 11 is 0. The molecule has 2 aromatic rings. The van der Waals surface area contributed by atoms with Gasteiger partial charge in [0.15, 0.2) is 0 Å². The van der Waals surface area contributed by atoms with Crippen molar-refractivity contribution in [3.63, 3.8) is 0 Å². The predicted molar refractivity (Wildman–Crippen MR) is 101 cm³/mol. The van der Waals surface area contributed by atoms with Crippen LogP contribution >= 0.6 is 0 Å². The number of unbranched alkanes of at least 4 members (excludes halogenated alkanes) is 2. The number of rotatable bonds is 8. The molecule has 6 heteroatoms. The van der Waals surface area contributed by atoms with Crippen LogP contribution in [0.4, 0.5) is 15.8 Å². The van der Waals surface area contributed by atoms with Gasteiger partial charge in [-0.1, -0.05) is 24.1 Å². The van der Waals surface area contributed by atoms with Crippen LogP contribution in [0.5, 0.6) is 0 Å². The van der Waals surface area contributed by atoms with Crippen molar-refractivity contribution in [3.8, 4) is 0 Å². The molecule has 5 nitrogen and oxygen atoms in total. The van der Waals surface area contributed by atoms with E-state index in [1.54, 1.807) is 12.1 Å². The van der Waals surface area contributed by atoms with E-state index >= 15 is 0 Å². The summed E-state index contributed by atoms with van der Waals surface area (Å²) in [6.45, 7) is 2.54. The number of hydrogen-bond donors (Lipinski definition) is 3. The zero-order valence-corrected chi connectivity index (χ0v) is 14.8. The van der Waals surface area contributed by atoms with E-state index in [1.807, 2.05) is 19.1 Å². The first kappa shape index (κ1) is 19.4. The Bertz CT molecular complexity index is 760. The summed E-state index contributed by atoms with van der Waals surface area (Å²) in [6.07, 6.45) is 2.67. The molecule has 2 aromatic carbocycles. The minimum absolute atomic E-state index is 0.0884. The monoisotopic (exact) mass is 357 g/mol. The van der Waals surface area contributed by atoms with Crippen molar-refractivity contribution < 1.29 is 14.0 Å². The van der Waals surface area contributed by atoms with Crippen molar-refractivity contribution in [2.24, 2.45) is 0 Å². The number of nitrogens with one attached hydrogen (secondary N) is 2. The van der Waals surface area contributed by atoms with Crippen LogP contribution in [0.1, 0.15) is 41.6 Å². The summed E-state index contributed by atoms with van der Waals surface area (Å²) in [7, 11) is 0. The zero-order chi connectivity index (χ0) is 18.9. The van der Waals surface area contributed by atoms with E-state index in [0.717, 1.165) is 18.4 Å². The third-order valence-corrected chi connectivity index (χ3v) is 3.97. The molecular formula is C20H24FN3O2. The Kier molecular flexibility index (Phi) is 7.14. The van der Waals surface area contributed by atoms with Gasteiger partial charge < -0.3 is 16.4 Å². The number of anilines is 2. The van der Waals surface area contributed by atoms with Crippen LogP contribution in [-0.4, -0.2) is 18.4 Å². The lowest BCUT2D eigenvalue weighted by Gasteiger charge is -2.08. The highest BCUT2D eigenvalue weighted by atomic mass is 19.1. The maximum atomic E-state index is 13.0. The molecule has 0 bridgehead atoms. The Balaban J connectivity index is 1.60. The molecule has 2 amide bonds. The normalized spacial score (nSPS) is 10.4. The summed E-state index contributed by atoms with van der Waals surface area (Å²) < 4.78 is 13.0. The molecule has 0 aliphatic heterocycles. The minimum atomic E-state index is -0.437. The van der Waals surface area contributed by atoms with Gasteiger partial charge in [0.25, 0.3) is 5.91 Å². The first-order valence-electron chi connectivity index (χ1n) is 8.65. The van der Waals surface area contributed by atoms with Crippen LogP contribution in [0.15, 0.2) is 42.5 Å². The van der Waals surface area contributed by atoms with E-state index in [9.17, 15) is 14.0 Å². The van der Waals surface area contributed by atoms with Crippen molar-refractivity contribution in [2.45, 2.75) is 32.6 Å². The molecule has 0 atom stereocenters. The van der Waals surface area contributed by atoms with Gasteiger partial charge in [0.2, 0.25) is 5.91 Å². The van der Waals surface area contributed by atoms with Gasteiger partial charge in [-0.25, -0.2) is 4.39 Å². The zero-order valence-electron chi connectivity index (χ0n) is 14.8. The highest BCUT2D eigenvalue weighted by Gasteiger charge is 2.07. The molecule has 0 saturated heterocycles. The Morgan fingerprint density at radius 2 is 1.77 bits per heavy atom. The van der Waals surface area contributed by atoms with Gasteiger partial charge >= 0.3 is 0 Å². The second kappa shape index (κ2) is 9.56. The summed E-state index contributed by atoms with van der Waals surface area (Å²) in [6, 6.07) is 11.3. The van der Waals surface area contributed by atoms with Gasteiger partial charge in [0, 0.05) is 18.5 Å². The van der Waals surface area contributed by atoms with E-state index in [4.69, 9.17) is 5.73 Å². The quantitative estimate of drug-likeness (QED) is 0.498. The number of aryl methyl sites for hydroxylation is 1. The number of benzene rings is 2. The number of carbonyl (C=O) groups excluding carboxylic acids is 2. The molecule has 0 spiro atoms. The standard InChI is InChI=1S/C20H24FN3O2/c1-14-6-8-15(9-7-14)20(26)23-12-4-2-3-5-19(25)24-18-11-10-16(21)13-17(18)22/h6-11,13H,2-5,12,22H2,1H3,(H,23,26)(H,24,25). The first-order valence-corrected chi connectivity index (χ1v) is 8.65. The fourth-order valence-electron chi connectivity index (χ4n) is 2.46. The lowest BCUT2D eigenvalue weighted by molar-refractivity contribution is -0.116. The molecule has 0 radical (unpaired) electrons. The molecule has 0 aromatic heterocycles. The fraction of sp³-hybridized carbons (Fsp3) is 0.300. The number of halogens is 1.